The first-order valence-electron chi connectivity index (χ1n) is 10.7. The predicted octanol–water partition coefficient (Wildman–Crippen LogP) is 4.52. The number of unbranched alkanes of at least 4 members (excludes halogenated alkanes) is 1. The van der Waals surface area contributed by atoms with Gasteiger partial charge in [0.1, 0.15) is 0 Å². The third-order valence-electron chi connectivity index (χ3n) is 5.91. The molecule has 156 valence electrons. The van der Waals surface area contributed by atoms with Gasteiger partial charge < -0.3 is 0 Å². The number of carbonyl (C=O) groups excluding carboxylic acids is 1. The number of hydrogen-bond donors (Lipinski definition) is 1. The van der Waals surface area contributed by atoms with E-state index in [0.29, 0.717) is 28.7 Å². The van der Waals surface area contributed by atoms with Crippen LogP contribution in [-0.2, 0) is 6.54 Å². The van der Waals surface area contributed by atoms with Gasteiger partial charge in [0.15, 0.2) is 5.69 Å². The average molecular weight is 397 g/mol. The molecule has 1 saturated carbocycles. The molecule has 0 spiro atoms. The summed E-state index contributed by atoms with van der Waals surface area (Å²) in [7, 11) is 0. The molecule has 6 heteroatoms. The summed E-state index contributed by atoms with van der Waals surface area (Å²) < 4.78 is 1.41. The van der Waals surface area contributed by atoms with Gasteiger partial charge in [0.2, 0.25) is 0 Å². The Morgan fingerprint density at radius 1 is 1.21 bits per heavy atom. The normalized spacial score (nSPS) is 17.4. The molecule has 0 bridgehead atoms. The van der Waals surface area contributed by atoms with Crippen molar-refractivity contribution >= 4 is 22.4 Å². The molecule has 0 saturated heterocycles. The third-order valence-corrected chi connectivity index (χ3v) is 5.91. The number of benzene rings is 1. The molecule has 1 N–H and O–H groups in total. The first-order valence-corrected chi connectivity index (χ1v) is 10.7. The molecule has 2 aromatic rings. The Labute approximate surface area is 172 Å². The lowest BCUT2D eigenvalue weighted by Gasteiger charge is -2.34. The lowest BCUT2D eigenvalue weighted by molar-refractivity contribution is 0.0948. The van der Waals surface area contributed by atoms with Crippen LogP contribution in [0.5, 0.6) is 0 Å². The number of nitrogens with zero attached hydrogens (tertiary/aromatic N) is 3. The number of fused-ring (bicyclic) bond motifs is 1. The number of amides is 1. The van der Waals surface area contributed by atoms with Crippen LogP contribution >= 0.6 is 0 Å². The van der Waals surface area contributed by atoms with E-state index in [9.17, 15) is 9.59 Å². The van der Waals surface area contributed by atoms with Crippen LogP contribution in [0.3, 0.4) is 0 Å². The van der Waals surface area contributed by atoms with Gasteiger partial charge in [-0.1, -0.05) is 52.3 Å². The van der Waals surface area contributed by atoms with Crippen molar-refractivity contribution in [3.63, 3.8) is 0 Å². The van der Waals surface area contributed by atoms with Crippen molar-refractivity contribution in [3.05, 3.63) is 40.3 Å². The van der Waals surface area contributed by atoms with E-state index in [4.69, 9.17) is 0 Å². The second kappa shape index (κ2) is 8.89. The average Bonchev–Trinajstić information content (AvgIpc) is 2.71. The second-order valence-corrected chi connectivity index (χ2v) is 9.04. The fourth-order valence-corrected chi connectivity index (χ4v) is 3.97. The lowest BCUT2D eigenvalue weighted by Crippen LogP contribution is -2.30. The Balaban J connectivity index is 1.80. The fraction of sp³-hybridized carbons (Fsp3) is 0.565. The van der Waals surface area contributed by atoms with Gasteiger partial charge in [-0.2, -0.15) is 10.2 Å². The van der Waals surface area contributed by atoms with Gasteiger partial charge in [0.05, 0.1) is 5.39 Å². The minimum atomic E-state index is -0.364. The Morgan fingerprint density at radius 3 is 2.48 bits per heavy atom. The predicted molar refractivity (Wildman–Crippen MR) is 117 cm³/mol. The van der Waals surface area contributed by atoms with E-state index in [0.717, 1.165) is 44.2 Å². The Bertz CT molecular complexity index is 959. The fourth-order valence-electron chi connectivity index (χ4n) is 3.97. The molecule has 3 rings (SSSR count). The van der Waals surface area contributed by atoms with Gasteiger partial charge in [-0.05, 0) is 49.5 Å². The van der Waals surface area contributed by atoms with Gasteiger partial charge in [0, 0.05) is 17.6 Å². The van der Waals surface area contributed by atoms with Crippen LogP contribution < -0.4 is 11.0 Å². The van der Waals surface area contributed by atoms with Gasteiger partial charge in [-0.15, -0.1) is 0 Å². The number of nitrogens with one attached hydrogen (secondary N) is 1. The molecule has 6 nitrogen and oxygen atoms in total. The van der Waals surface area contributed by atoms with Crippen LogP contribution in [0.25, 0.3) is 10.8 Å². The van der Waals surface area contributed by atoms with Crippen molar-refractivity contribution in [2.24, 2.45) is 16.4 Å². The Morgan fingerprint density at radius 2 is 1.86 bits per heavy atom. The third kappa shape index (κ3) is 4.92. The highest BCUT2D eigenvalue weighted by molar-refractivity contribution is 6.05. The van der Waals surface area contributed by atoms with Gasteiger partial charge in [0.25, 0.3) is 11.5 Å². The number of aryl methyl sites for hydroxylation is 1. The molecule has 1 aromatic heterocycles. The first-order chi connectivity index (χ1) is 13.8. The molecule has 1 amide bonds. The van der Waals surface area contributed by atoms with Crippen molar-refractivity contribution in [2.45, 2.75) is 72.8 Å². The molecule has 1 heterocycles. The monoisotopic (exact) mass is 396 g/mol. The van der Waals surface area contributed by atoms with Gasteiger partial charge >= 0.3 is 0 Å². The summed E-state index contributed by atoms with van der Waals surface area (Å²) in [5.74, 6) is 0.321. The lowest BCUT2D eigenvalue weighted by atomic mass is 9.72. The van der Waals surface area contributed by atoms with Crippen molar-refractivity contribution < 1.29 is 4.79 Å². The maximum absolute atomic E-state index is 12.9. The zero-order valence-corrected chi connectivity index (χ0v) is 18.0. The summed E-state index contributed by atoms with van der Waals surface area (Å²) >= 11 is 0. The van der Waals surface area contributed by atoms with E-state index in [2.05, 4.69) is 43.3 Å². The van der Waals surface area contributed by atoms with Crippen molar-refractivity contribution in [2.75, 3.05) is 0 Å². The molecule has 0 radical (unpaired) electrons. The molecule has 1 aliphatic rings. The summed E-state index contributed by atoms with van der Waals surface area (Å²) in [4.78, 5) is 25.5. The number of rotatable bonds is 5. The smallest absolute Gasteiger partial charge is 0.267 e. The zero-order chi connectivity index (χ0) is 21.0. The maximum atomic E-state index is 12.9. The molecule has 0 unspecified atom stereocenters. The van der Waals surface area contributed by atoms with Gasteiger partial charge in [-0.3, -0.25) is 9.59 Å². The highest BCUT2D eigenvalue weighted by Gasteiger charge is 2.28. The number of hydrogen-bond acceptors (Lipinski definition) is 4. The number of carbonyl (C=O) groups is 1. The van der Waals surface area contributed by atoms with E-state index in [1.165, 1.54) is 4.68 Å². The molecule has 0 atom stereocenters. The summed E-state index contributed by atoms with van der Waals surface area (Å²) in [6, 6.07) is 7.14. The summed E-state index contributed by atoms with van der Waals surface area (Å²) in [5.41, 5.74) is 4.13. The molecule has 0 aliphatic heterocycles. The Hall–Kier alpha value is -2.50. The molecular weight excluding hydrogens is 364 g/mol. The zero-order valence-electron chi connectivity index (χ0n) is 18.0. The molecule has 1 aliphatic carbocycles. The van der Waals surface area contributed by atoms with Crippen LogP contribution in [0.2, 0.25) is 0 Å². The SMILES string of the molecule is CCCCn1nc(C(=O)NN=C2CCC(C(C)(C)C)CC2)c2ccccc2c1=O. The second-order valence-electron chi connectivity index (χ2n) is 9.04. The standard InChI is InChI=1S/C23H32N4O2/c1-5-6-15-27-22(29)19-10-8-7-9-18(19)20(26-27)21(28)25-24-17-13-11-16(12-14-17)23(2,3)4/h7-10,16H,5-6,11-15H2,1-4H3,(H,25,28). The number of hydrazone groups is 1. The minimum absolute atomic E-state index is 0.155. The highest BCUT2D eigenvalue weighted by Crippen LogP contribution is 2.36. The number of aromatic nitrogens is 2. The largest absolute Gasteiger partial charge is 0.292 e. The molecular formula is C23H32N4O2. The van der Waals surface area contributed by atoms with Crippen molar-refractivity contribution in [1.29, 1.82) is 0 Å². The maximum Gasteiger partial charge on any atom is 0.292 e. The summed E-state index contributed by atoms with van der Waals surface area (Å²) in [6.45, 7) is 9.41. The van der Waals surface area contributed by atoms with Crippen LogP contribution in [0.1, 0.15) is 76.7 Å². The van der Waals surface area contributed by atoms with Crippen molar-refractivity contribution in [3.8, 4) is 0 Å². The van der Waals surface area contributed by atoms with Gasteiger partial charge in [-0.25, -0.2) is 10.1 Å². The molecule has 1 aromatic carbocycles. The summed E-state index contributed by atoms with van der Waals surface area (Å²) in [5, 5.41) is 9.84. The van der Waals surface area contributed by atoms with E-state index in [1.807, 2.05) is 12.1 Å². The van der Waals surface area contributed by atoms with Crippen LogP contribution in [0, 0.1) is 11.3 Å². The summed E-state index contributed by atoms with van der Waals surface area (Å²) in [6.07, 6.45) is 5.80. The highest BCUT2D eigenvalue weighted by atomic mass is 16.2. The molecule has 1 fully saturated rings. The van der Waals surface area contributed by atoms with Crippen LogP contribution in [0.15, 0.2) is 34.2 Å². The van der Waals surface area contributed by atoms with E-state index < -0.39 is 0 Å². The molecule has 29 heavy (non-hydrogen) atoms. The van der Waals surface area contributed by atoms with E-state index >= 15 is 0 Å². The minimum Gasteiger partial charge on any atom is -0.267 e. The topological polar surface area (TPSA) is 76.3 Å². The Kier molecular flexibility index (Phi) is 6.50. The van der Waals surface area contributed by atoms with Crippen molar-refractivity contribution in [1.82, 2.24) is 15.2 Å². The van der Waals surface area contributed by atoms with E-state index in [1.54, 1.807) is 12.1 Å². The van der Waals surface area contributed by atoms with E-state index in [-0.39, 0.29) is 17.2 Å². The van der Waals surface area contributed by atoms with Crippen LogP contribution in [0.4, 0.5) is 0 Å². The first kappa shape index (κ1) is 21.2. The van der Waals surface area contributed by atoms with Crippen LogP contribution in [-0.4, -0.2) is 21.4 Å². The quantitative estimate of drug-likeness (QED) is 0.755.